The molecule has 0 fully saturated rings. The van der Waals surface area contributed by atoms with E-state index in [1.807, 2.05) is 0 Å². The first-order valence-corrected chi connectivity index (χ1v) is 16.0. The Bertz CT molecular complexity index is 1610. The maximum atomic E-state index is 12.2. The number of nitrogens with zero attached hydrogens (tertiary/aromatic N) is 3. The van der Waals surface area contributed by atoms with Gasteiger partial charge < -0.3 is 15.3 Å². The highest BCUT2D eigenvalue weighted by molar-refractivity contribution is 9.11. The fourth-order valence-corrected chi connectivity index (χ4v) is 5.45. The number of hydrogen-bond acceptors (Lipinski definition) is 15. The minimum atomic E-state index is -0.648. The van der Waals surface area contributed by atoms with Crippen molar-refractivity contribution in [3.05, 3.63) is 90.6 Å². The number of aliphatic hydroxyl groups is 1. The predicted octanol–water partition coefficient (Wildman–Crippen LogP) is 5.76. The van der Waals surface area contributed by atoms with Crippen LogP contribution in [-0.4, -0.2) is 64.1 Å². The van der Waals surface area contributed by atoms with E-state index in [0.29, 0.717) is 15.4 Å². The molecule has 0 atom stereocenters. The standard InChI is InChI=1S/C14H12BrN3O3S.C9H7BrO3S.C5H7N3.CH4O.ClH/c1-21-14(20)10(18-17-9-4-6-16-7-5-9)8-11(19)12-2-3-13(15)22-12;1-5(11)6(12)4-7(13)8-2-3-9(10)14-8;6-8-5-1-3-7-4-2-5;1-2;/h2-7H,8H2,1H3,(H,16,17);2-3H,4H2,1H3;1-4H,6H2,(H,7,8);2H,1H3;1H. The number of esters is 1. The van der Waals surface area contributed by atoms with Gasteiger partial charge in [0.05, 0.1) is 48.7 Å². The van der Waals surface area contributed by atoms with Crippen molar-refractivity contribution in [3.8, 4) is 0 Å². The maximum absolute atomic E-state index is 12.2. The van der Waals surface area contributed by atoms with E-state index in [-0.39, 0.29) is 42.5 Å². The lowest BCUT2D eigenvalue weighted by Gasteiger charge is -2.05. The molecule has 252 valence electrons. The van der Waals surface area contributed by atoms with Crippen molar-refractivity contribution in [2.45, 2.75) is 19.8 Å². The molecule has 0 aliphatic carbocycles. The molecule has 47 heavy (non-hydrogen) atoms. The van der Waals surface area contributed by atoms with Crippen molar-refractivity contribution in [2.24, 2.45) is 10.9 Å². The number of anilines is 2. The number of Topliss-reactive ketones (excluding diaryl/α,β-unsaturated/α-hetero) is 4. The lowest BCUT2D eigenvalue weighted by molar-refractivity contribution is -0.134. The summed E-state index contributed by atoms with van der Waals surface area (Å²) in [5, 5.41) is 11.0. The number of aromatic nitrogens is 2. The number of thiophene rings is 2. The van der Waals surface area contributed by atoms with E-state index in [1.165, 1.54) is 36.7 Å². The summed E-state index contributed by atoms with van der Waals surface area (Å²) >= 11 is 9.06. The number of carbonyl (C=O) groups is 5. The third kappa shape index (κ3) is 17.1. The number of methoxy groups -OCH3 is 1. The highest BCUT2D eigenvalue weighted by Gasteiger charge is 2.19. The van der Waals surface area contributed by atoms with Crippen molar-refractivity contribution in [2.75, 3.05) is 25.1 Å². The van der Waals surface area contributed by atoms with Crippen molar-refractivity contribution in [3.63, 3.8) is 0 Å². The van der Waals surface area contributed by atoms with E-state index in [1.54, 1.807) is 73.3 Å². The van der Waals surface area contributed by atoms with Gasteiger partial charge in [0.15, 0.2) is 23.1 Å². The first-order valence-electron chi connectivity index (χ1n) is 12.8. The van der Waals surface area contributed by atoms with Crippen LogP contribution in [0.3, 0.4) is 0 Å². The smallest absolute Gasteiger partial charge is 0.354 e. The summed E-state index contributed by atoms with van der Waals surface area (Å²) in [6, 6.07) is 13.8. The molecule has 4 aromatic heterocycles. The van der Waals surface area contributed by atoms with E-state index in [4.69, 9.17) is 10.9 Å². The van der Waals surface area contributed by atoms with Gasteiger partial charge in [-0.15, -0.1) is 35.1 Å². The molecule has 4 heterocycles. The number of aliphatic hydroxyl groups excluding tert-OH is 1. The quantitative estimate of drug-likeness (QED) is 0.0271. The largest absolute Gasteiger partial charge is 0.464 e. The Labute approximate surface area is 301 Å². The Kier molecular flexibility index (Phi) is 22.5. The highest BCUT2D eigenvalue weighted by Crippen LogP contribution is 2.24. The minimum Gasteiger partial charge on any atom is -0.464 e. The summed E-state index contributed by atoms with van der Waals surface area (Å²) in [4.78, 5) is 65.6. The van der Waals surface area contributed by atoms with Gasteiger partial charge in [-0.1, -0.05) is 0 Å². The summed E-state index contributed by atoms with van der Waals surface area (Å²) in [5.41, 5.74) is 6.74. The number of nitrogens with one attached hydrogen (secondary N) is 2. The van der Waals surface area contributed by atoms with Gasteiger partial charge in [0, 0.05) is 38.8 Å². The van der Waals surface area contributed by atoms with E-state index in [2.05, 4.69) is 62.5 Å². The molecule has 13 nitrogen and oxygen atoms in total. The van der Waals surface area contributed by atoms with Crippen LogP contribution in [0.5, 0.6) is 0 Å². The molecule has 0 radical (unpaired) electrons. The van der Waals surface area contributed by atoms with E-state index < -0.39 is 17.5 Å². The molecule has 0 amide bonds. The SMILES string of the molecule is CC(=O)C(=O)CC(=O)c1ccc(Br)s1.CO.COC(=O)C(CC(=O)c1ccc(Br)s1)=NNc1ccncc1.Cl.NNc1ccncc1. The van der Waals surface area contributed by atoms with Crippen LogP contribution in [0.2, 0.25) is 0 Å². The fourth-order valence-electron chi connectivity index (χ4n) is 2.81. The lowest BCUT2D eigenvalue weighted by Crippen LogP contribution is -2.21. The predicted molar refractivity (Wildman–Crippen MR) is 192 cm³/mol. The number of nitrogens with two attached hydrogens (primary N) is 1. The zero-order valence-electron chi connectivity index (χ0n) is 25.1. The van der Waals surface area contributed by atoms with Gasteiger partial charge in [-0.05, 0) is 80.4 Å². The van der Waals surface area contributed by atoms with Crippen molar-refractivity contribution >= 4 is 113 Å². The second-order valence-electron chi connectivity index (χ2n) is 8.16. The summed E-state index contributed by atoms with van der Waals surface area (Å²) in [6.07, 6.45) is 6.05. The molecule has 0 aliphatic rings. The van der Waals surface area contributed by atoms with Crippen LogP contribution in [0, 0.1) is 0 Å². The molecular formula is C29H31Br2ClN6O7S2. The van der Waals surface area contributed by atoms with Gasteiger partial charge in [-0.2, -0.15) is 5.10 Å². The van der Waals surface area contributed by atoms with E-state index in [0.717, 1.165) is 20.4 Å². The Balaban J connectivity index is 0.000000723. The maximum Gasteiger partial charge on any atom is 0.354 e. The number of hydrazine groups is 1. The molecule has 0 saturated carbocycles. The van der Waals surface area contributed by atoms with Crippen LogP contribution in [-0.2, 0) is 19.1 Å². The van der Waals surface area contributed by atoms with Crippen molar-refractivity contribution in [1.29, 1.82) is 0 Å². The number of hydrazone groups is 1. The Hall–Kier alpha value is -3.71. The number of halogens is 3. The molecule has 0 aromatic carbocycles. The number of nitrogen functional groups attached to an aromatic ring is 1. The van der Waals surface area contributed by atoms with Crippen molar-refractivity contribution in [1.82, 2.24) is 9.97 Å². The summed E-state index contributed by atoms with van der Waals surface area (Å²) in [5.74, 6) is 2.71. The van der Waals surface area contributed by atoms with Crippen molar-refractivity contribution < 1.29 is 33.8 Å². The molecular weight excluding hydrogens is 804 g/mol. The molecule has 5 N–H and O–H groups in total. The van der Waals surface area contributed by atoms with Crippen LogP contribution < -0.4 is 16.7 Å². The zero-order chi connectivity index (χ0) is 34.5. The monoisotopic (exact) mass is 832 g/mol. The zero-order valence-corrected chi connectivity index (χ0v) is 30.8. The normalized spacial score (nSPS) is 9.72. The van der Waals surface area contributed by atoms with E-state index >= 15 is 0 Å². The molecule has 0 saturated heterocycles. The first-order chi connectivity index (χ1) is 22.0. The van der Waals surface area contributed by atoms with Gasteiger partial charge in [-0.3, -0.25) is 40.4 Å². The second kappa shape index (κ2) is 24.5. The van der Waals surface area contributed by atoms with Gasteiger partial charge in [-0.25, -0.2) is 4.79 Å². The first kappa shape index (κ1) is 43.3. The Morgan fingerprint density at radius 2 is 1.26 bits per heavy atom. The third-order valence-corrected chi connectivity index (χ3v) is 8.34. The Morgan fingerprint density at radius 1 is 0.809 bits per heavy atom. The number of carbonyl (C=O) groups excluding carboxylic acids is 5. The summed E-state index contributed by atoms with van der Waals surface area (Å²) < 4.78 is 6.34. The second-order valence-corrected chi connectivity index (χ2v) is 13.1. The number of pyridine rings is 2. The molecule has 4 rings (SSSR count). The number of hydrogen-bond donors (Lipinski definition) is 4. The molecule has 4 aromatic rings. The minimum absolute atomic E-state index is 0. The molecule has 0 unspecified atom stereocenters. The molecule has 0 aliphatic heterocycles. The summed E-state index contributed by atoms with van der Waals surface area (Å²) in [7, 11) is 2.25. The van der Waals surface area contributed by atoms with Crippen LogP contribution in [0.1, 0.15) is 39.1 Å². The molecule has 0 spiro atoms. The number of ether oxygens (including phenoxy) is 1. The van der Waals surface area contributed by atoms with Crippen LogP contribution >= 0.6 is 66.9 Å². The number of rotatable bonds is 11. The van der Waals surface area contributed by atoms with Gasteiger partial charge >= 0.3 is 5.97 Å². The fraction of sp³-hybridized carbons (Fsp3) is 0.172. The molecule has 0 bridgehead atoms. The highest BCUT2D eigenvalue weighted by atomic mass is 79.9. The van der Waals surface area contributed by atoms with Crippen LogP contribution in [0.25, 0.3) is 0 Å². The lowest BCUT2D eigenvalue weighted by atomic mass is 10.1. The summed E-state index contributed by atoms with van der Waals surface area (Å²) in [6.45, 7) is 1.17. The van der Waals surface area contributed by atoms with E-state index in [9.17, 15) is 24.0 Å². The van der Waals surface area contributed by atoms with Gasteiger partial charge in [0.2, 0.25) is 5.78 Å². The average molecular weight is 835 g/mol. The number of ketones is 4. The van der Waals surface area contributed by atoms with Crippen LogP contribution in [0.4, 0.5) is 11.4 Å². The van der Waals surface area contributed by atoms with Gasteiger partial charge in [0.25, 0.3) is 0 Å². The average Bonchev–Trinajstić information content (AvgIpc) is 3.73. The molecule has 18 heteroatoms. The topological polar surface area (TPSA) is 203 Å². The van der Waals surface area contributed by atoms with Crippen LogP contribution in [0.15, 0.2) is 86.0 Å². The Morgan fingerprint density at radius 3 is 1.62 bits per heavy atom. The van der Waals surface area contributed by atoms with Gasteiger partial charge in [0.1, 0.15) is 0 Å². The third-order valence-electron chi connectivity index (χ3n) is 5.01.